The minimum atomic E-state index is 0.0832. The van der Waals surface area contributed by atoms with Gasteiger partial charge in [0.05, 0.1) is 0 Å². The van der Waals surface area contributed by atoms with E-state index < -0.39 is 0 Å². The summed E-state index contributed by atoms with van der Waals surface area (Å²) < 4.78 is 0. The highest BCUT2D eigenvalue weighted by Crippen LogP contribution is 2.16. The Morgan fingerprint density at radius 1 is 1.37 bits per heavy atom. The van der Waals surface area contributed by atoms with Gasteiger partial charge in [-0.2, -0.15) is 0 Å². The molecule has 1 aromatic rings. The van der Waals surface area contributed by atoms with Gasteiger partial charge in [0.2, 0.25) is 5.91 Å². The minimum Gasteiger partial charge on any atom is -0.353 e. The number of carbonyl (C=O) groups excluding carboxylic acids is 1. The van der Waals surface area contributed by atoms with Gasteiger partial charge in [0.15, 0.2) is 0 Å². The summed E-state index contributed by atoms with van der Waals surface area (Å²) in [4.78, 5) is 11.8. The van der Waals surface area contributed by atoms with Crippen molar-refractivity contribution < 1.29 is 4.79 Å². The number of nitrogens with two attached hydrogens (primary N) is 1. The molecule has 3 N–H and O–H groups in total. The fraction of sp³-hybridized carbons (Fsp3) is 0.533. The predicted molar refractivity (Wildman–Crippen MR) is 80.2 cm³/mol. The second kappa shape index (κ2) is 8.18. The van der Waals surface area contributed by atoms with Crippen LogP contribution in [0.5, 0.6) is 0 Å². The summed E-state index contributed by atoms with van der Waals surface area (Å²) in [5, 5.41) is 3.75. The number of amides is 1. The summed E-state index contributed by atoms with van der Waals surface area (Å²) in [5.41, 5.74) is 6.59. The summed E-state index contributed by atoms with van der Waals surface area (Å²) >= 11 is 6.10. The smallest absolute Gasteiger partial charge is 0.220 e. The van der Waals surface area contributed by atoms with E-state index in [2.05, 4.69) is 12.2 Å². The van der Waals surface area contributed by atoms with Crippen molar-refractivity contribution in [1.82, 2.24) is 5.32 Å². The summed E-state index contributed by atoms with van der Waals surface area (Å²) in [5.74, 6) is 0.476. The van der Waals surface area contributed by atoms with Crippen LogP contribution in [0.25, 0.3) is 0 Å². The molecule has 0 spiro atoms. The third-order valence-electron chi connectivity index (χ3n) is 3.16. The van der Waals surface area contributed by atoms with E-state index in [9.17, 15) is 4.79 Å². The molecular formula is C15H23ClN2O. The maximum atomic E-state index is 11.8. The molecule has 0 heterocycles. The molecule has 0 aromatic heterocycles. The van der Waals surface area contributed by atoms with Gasteiger partial charge in [-0.1, -0.05) is 36.7 Å². The monoisotopic (exact) mass is 282 g/mol. The predicted octanol–water partition coefficient (Wildman–Crippen LogP) is 2.76. The second-order valence-electron chi connectivity index (χ2n) is 5.14. The van der Waals surface area contributed by atoms with E-state index >= 15 is 0 Å². The van der Waals surface area contributed by atoms with Gasteiger partial charge in [0.25, 0.3) is 0 Å². The third kappa shape index (κ3) is 6.08. The van der Waals surface area contributed by atoms with Gasteiger partial charge in [-0.15, -0.1) is 0 Å². The molecule has 19 heavy (non-hydrogen) atoms. The summed E-state index contributed by atoms with van der Waals surface area (Å²) in [7, 11) is 0. The zero-order chi connectivity index (χ0) is 14.3. The van der Waals surface area contributed by atoms with Crippen molar-refractivity contribution in [2.75, 3.05) is 6.54 Å². The minimum absolute atomic E-state index is 0.0832. The van der Waals surface area contributed by atoms with Crippen LogP contribution in [0.2, 0.25) is 5.02 Å². The summed E-state index contributed by atoms with van der Waals surface area (Å²) in [6.45, 7) is 4.68. The van der Waals surface area contributed by atoms with Crippen molar-refractivity contribution in [3.05, 3.63) is 34.9 Å². The van der Waals surface area contributed by atoms with Gasteiger partial charge in [0, 0.05) is 17.5 Å². The van der Waals surface area contributed by atoms with Gasteiger partial charge in [-0.25, -0.2) is 0 Å². The molecule has 0 saturated heterocycles. The largest absolute Gasteiger partial charge is 0.353 e. The SMILES string of the molecule is CC(CN)CCC(=O)NC(C)Cc1ccccc1Cl. The molecule has 3 nitrogen and oxygen atoms in total. The second-order valence-corrected chi connectivity index (χ2v) is 5.55. The molecule has 0 aliphatic heterocycles. The normalized spacial score (nSPS) is 13.9. The Hall–Kier alpha value is -1.06. The van der Waals surface area contributed by atoms with Crippen LogP contribution in [-0.2, 0) is 11.2 Å². The van der Waals surface area contributed by atoms with Crippen molar-refractivity contribution in [3.8, 4) is 0 Å². The Balaban J connectivity index is 2.37. The van der Waals surface area contributed by atoms with Crippen LogP contribution in [0.15, 0.2) is 24.3 Å². The van der Waals surface area contributed by atoms with Crippen LogP contribution in [0.3, 0.4) is 0 Å². The fourth-order valence-electron chi connectivity index (χ4n) is 1.89. The lowest BCUT2D eigenvalue weighted by atomic mass is 10.0. The Bertz CT molecular complexity index is 409. The number of benzene rings is 1. The van der Waals surface area contributed by atoms with E-state index in [0.717, 1.165) is 23.4 Å². The maximum Gasteiger partial charge on any atom is 0.220 e. The number of hydrogen-bond donors (Lipinski definition) is 2. The molecule has 106 valence electrons. The highest BCUT2D eigenvalue weighted by molar-refractivity contribution is 6.31. The van der Waals surface area contributed by atoms with Gasteiger partial charge in [-0.3, -0.25) is 4.79 Å². The molecule has 0 bridgehead atoms. The number of rotatable bonds is 7. The number of halogens is 1. The number of carbonyl (C=O) groups is 1. The van der Waals surface area contributed by atoms with Crippen molar-refractivity contribution in [2.24, 2.45) is 11.7 Å². The average Bonchev–Trinajstić information content (AvgIpc) is 2.38. The third-order valence-corrected chi connectivity index (χ3v) is 3.53. The number of hydrogen-bond acceptors (Lipinski definition) is 2. The van der Waals surface area contributed by atoms with Gasteiger partial charge < -0.3 is 11.1 Å². The van der Waals surface area contributed by atoms with Crippen LogP contribution >= 0.6 is 11.6 Å². The van der Waals surface area contributed by atoms with Crippen molar-refractivity contribution in [3.63, 3.8) is 0 Å². The van der Waals surface area contributed by atoms with E-state index in [1.807, 2.05) is 31.2 Å². The highest BCUT2D eigenvalue weighted by atomic mass is 35.5. The Labute approximate surface area is 120 Å². The molecular weight excluding hydrogens is 260 g/mol. The van der Waals surface area contributed by atoms with Crippen LogP contribution in [0.4, 0.5) is 0 Å². The fourth-order valence-corrected chi connectivity index (χ4v) is 2.10. The van der Waals surface area contributed by atoms with Crippen molar-refractivity contribution in [1.29, 1.82) is 0 Å². The van der Waals surface area contributed by atoms with Crippen LogP contribution in [0.1, 0.15) is 32.3 Å². The quantitative estimate of drug-likeness (QED) is 0.808. The molecule has 0 saturated carbocycles. The highest BCUT2D eigenvalue weighted by Gasteiger charge is 2.11. The van der Waals surface area contributed by atoms with E-state index in [-0.39, 0.29) is 11.9 Å². The standard InChI is InChI=1S/C15H23ClN2O/c1-11(10-17)7-8-15(19)18-12(2)9-13-5-3-4-6-14(13)16/h3-6,11-12H,7-10,17H2,1-2H3,(H,18,19). The molecule has 1 aromatic carbocycles. The molecule has 1 rings (SSSR count). The lowest BCUT2D eigenvalue weighted by Crippen LogP contribution is -2.34. The Morgan fingerprint density at radius 2 is 2.05 bits per heavy atom. The van der Waals surface area contributed by atoms with E-state index in [4.69, 9.17) is 17.3 Å². The average molecular weight is 283 g/mol. The van der Waals surface area contributed by atoms with E-state index in [1.165, 1.54) is 0 Å². The van der Waals surface area contributed by atoms with Crippen LogP contribution in [-0.4, -0.2) is 18.5 Å². The Morgan fingerprint density at radius 3 is 2.68 bits per heavy atom. The van der Waals surface area contributed by atoms with Gasteiger partial charge in [-0.05, 0) is 43.9 Å². The first-order valence-corrected chi connectivity index (χ1v) is 7.13. The topological polar surface area (TPSA) is 55.1 Å². The first kappa shape index (κ1) is 16.0. The molecule has 0 fully saturated rings. The molecule has 0 radical (unpaired) electrons. The molecule has 0 aliphatic rings. The van der Waals surface area contributed by atoms with E-state index in [1.54, 1.807) is 0 Å². The van der Waals surface area contributed by atoms with Crippen molar-refractivity contribution in [2.45, 2.75) is 39.2 Å². The summed E-state index contributed by atoms with van der Waals surface area (Å²) in [6.07, 6.45) is 2.12. The molecule has 2 unspecified atom stereocenters. The first-order valence-electron chi connectivity index (χ1n) is 6.75. The zero-order valence-corrected chi connectivity index (χ0v) is 12.4. The van der Waals surface area contributed by atoms with Crippen LogP contribution < -0.4 is 11.1 Å². The molecule has 0 aliphatic carbocycles. The lowest BCUT2D eigenvalue weighted by Gasteiger charge is -2.15. The molecule has 4 heteroatoms. The lowest BCUT2D eigenvalue weighted by molar-refractivity contribution is -0.121. The van der Waals surface area contributed by atoms with Gasteiger partial charge in [0.1, 0.15) is 0 Å². The van der Waals surface area contributed by atoms with Crippen LogP contribution in [0, 0.1) is 5.92 Å². The maximum absolute atomic E-state index is 11.8. The Kier molecular flexibility index (Phi) is 6.89. The van der Waals surface area contributed by atoms with Crippen molar-refractivity contribution >= 4 is 17.5 Å². The van der Waals surface area contributed by atoms with E-state index in [0.29, 0.717) is 18.9 Å². The summed E-state index contributed by atoms with van der Waals surface area (Å²) in [6, 6.07) is 7.80. The molecule has 2 atom stereocenters. The first-order chi connectivity index (χ1) is 9.02. The molecule has 1 amide bonds. The number of nitrogens with one attached hydrogen (secondary N) is 1. The zero-order valence-electron chi connectivity index (χ0n) is 11.7. The van der Waals surface area contributed by atoms with Gasteiger partial charge >= 0.3 is 0 Å².